The van der Waals surface area contributed by atoms with Crippen molar-refractivity contribution in [3.63, 3.8) is 0 Å². The van der Waals surface area contributed by atoms with Crippen molar-refractivity contribution in [2.24, 2.45) is 0 Å². The Kier molecular flexibility index (Phi) is 4.76. The molecule has 0 aromatic heterocycles. The lowest BCUT2D eigenvalue weighted by molar-refractivity contribution is 0.0723. The van der Waals surface area contributed by atoms with E-state index in [4.69, 9.17) is 10.7 Å². The molecule has 1 aliphatic rings. The number of carbonyl (C=O) groups excluding carboxylic acids is 1. The van der Waals surface area contributed by atoms with E-state index >= 15 is 0 Å². The van der Waals surface area contributed by atoms with Gasteiger partial charge in [-0.2, -0.15) is 0 Å². The molecule has 1 amide bonds. The average Bonchev–Trinajstić information content (AvgIpc) is 2.40. The van der Waals surface area contributed by atoms with Crippen LogP contribution in [0.4, 0.5) is 0 Å². The van der Waals surface area contributed by atoms with Crippen LogP contribution in [-0.2, 0) is 9.05 Å². The van der Waals surface area contributed by atoms with Crippen LogP contribution in [-0.4, -0.2) is 32.3 Å². The summed E-state index contributed by atoms with van der Waals surface area (Å²) in [6, 6.07) is 2.78. The molecule has 1 saturated heterocycles. The minimum absolute atomic E-state index is 0.0583. The Balaban J connectivity index is 2.44. The summed E-state index contributed by atoms with van der Waals surface area (Å²) in [7, 11) is 1.51. The molecule has 20 heavy (non-hydrogen) atoms. The van der Waals surface area contributed by atoms with E-state index in [0.29, 0.717) is 23.1 Å². The molecule has 0 N–H and O–H groups in total. The molecule has 0 spiro atoms. The van der Waals surface area contributed by atoms with E-state index in [9.17, 15) is 13.2 Å². The van der Waals surface area contributed by atoms with Gasteiger partial charge in [0.1, 0.15) is 0 Å². The maximum Gasteiger partial charge on any atom is 0.261 e. The predicted octanol–water partition coefficient (Wildman–Crippen LogP) is 3.31. The molecule has 0 radical (unpaired) electrons. The van der Waals surface area contributed by atoms with Gasteiger partial charge in [-0.25, -0.2) is 8.42 Å². The molecule has 1 heterocycles. The van der Waals surface area contributed by atoms with E-state index in [1.807, 2.05) is 0 Å². The topological polar surface area (TPSA) is 54.5 Å². The number of piperidine rings is 1. The Morgan fingerprint density at radius 3 is 2.40 bits per heavy atom. The lowest BCUT2D eigenvalue weighted by Crippen LogP contribution is -2.36. The minimum atomic E-state index is -3.86. The van der Waals surface area contributed by atoms with Gasteiger partial charge in [-0.1, -0.05) is 15.9 Å². The van der Waals surface area contributed by atoms with Crippen LogP contribution in [0.1, 0.15) is 35.2 Å². The van der Waals surface area contributed by atoms with Crippen molar-refractivity contribution in [2.45, 2.75) is 31.1 Å². The molecule has 0 saturated carbocycles. The van der Waals surface area contributed by atoms with Crippen molar-refractivity contribution in [2.75, 3.05) is 13.1 Å². The van der Waals surface area contributed by atoms with Gasteiger partial charge in [0, 0.05) is 33.8 Å². The molecule has 7 heteroatoms. The second kappa shape index (κ2) is 6.03. The molecule has 1 fully saturated rings. The van der Waals surface area contributed by atoms with Crippen LogP contribution >= 0.6 is 26.6 Å². The molecule has 110 valence electrons. The minimum Gasteiger partial charge on any atom is -0.339 e. The number of nitrogens with zero attached hydrogens (tertiary/aromatic N) is 1. The van der Waals surface area contributed by atoms with Gasteiger partial charge < -0.3 is 4.90 Å². The summed E-state index contributed by atoms with van der Waals surface area (Å²) < 4.78 is 23.5. The second-order valence-corrected chi connectivity index (χ2v) is 8.29. The van der Waals surface area contributed by atoms with E-state index < -0.39 is 9.05 Å². The first kappa shape index (κ1) is 15.8. The quantitative estimate of drug-likeness (QED) is 0.740. The monoisotopic (exact) mass is 379 g/mol. The van der Waals surface area contributed by atoms with E-state index in [2.05, 4.69) is 15.9 Å². The van der Waals surface area contributed by atoms with Crippen molar-refractivity contribution < 1.29 is 13.2 Å². The molecule has 0 unspecified atom stereocenters. The van der Waals surface area contributed by atoms with Gasteiger partial charge in [0.15, 0.2) is 0 Å². The van der Waals surface area contributed by atoms with Crippen LogP contribution in [0, 0.1) is 6.92 Å². The zero-order valence-corrected chi connectivity index (χ0v) is 14.2. The summed E-state index contributed by atoms with van der Waals surface area (Å²) >= 11 is 3.29. The van der Waals surface area contributed by atoms with E-state index in [-0.39, 0.29) is 10.8 Å². The normalized spacial score (nSPS) is 16.2. The van der Waals surface area contributed by atoms with Crippen LogP contribution in [0.3, 0.4) is 0 Å². The first-order chi connectivity index (χ1) is 9.30. The molecular formula is C13H15BrClNO3S. The van der Waals surface area contributed by atoms with Crippen molar-refractivity contribution in [3.05, 3.63) is 27.7 Å². The first-order valence-electron chi connectivity index (χ1n) is 6.35. The van der Waals surface area contributed by atoms with Crippen molar-refractivity contribution in [1.82, 2.24) is 4.90 Å². The SMILES string of the molecule is Cc1c(Br)cc(S(=O)(=O)Cl)cc1C(=O)N1CCCCC1. The molecule has 2 rings (SSSR count). The Labute approximate surface area is 131 Å². The van der Waals surface area contributed by atoms with Gasteiger partial charge in [-0.05, 0) is 43.9 Å². The summed E-state index contributed by atoms with van der Waals surface area (Å²) in [4.78, 5) is 14.2. The summed E-state index contributed by atoms with van der Waals surface area (Å²) in [5.41, 5.74) is 1.12. The highest BCUT2D eigenvalue weighted by molar-refractivity contribution is 9.10. The third kappa shape index (κ3) is 3.35. The molecule has 0 atom stereocenters. The standard InChI is InChI=1S/C13H15BrClNO3S/c1-9-11(13(17)16-5-3-2-4-6-16)7-10(8-12(9)14)20(15,18)19/h7-8H,2-6H2,1H3. The van der Waals surface area contributed by atoms with E-state index in [1.165, 1.54) is 12.1 Å². The van der Waals surface area contributed by atoms with Crippen molar-refractivity contribution >= 4 is 41.6 Å². The van der Waals surface area contributed by atoms with E-state index in [0.717, 1.165) is 24.8 Å². The van der Waals surface area contributed by atoms with Crippen LogP contribution in [0.15, 0.2) is 21.5 Å². The van der Waals surface area contributed by atoms with Gasteiger partial charge in [-0.15, -0.1) is 0 Å². The molecule has 1 aliphatic heterocycles. The molecule has 1 aromatic rings. The Morgan fingerprint density at radius 1 is 1.25 bits per heavy atom. The maximum atomic E-state index is 12.5. The molecule has 4 nitrogen and oxygen atoms in total. The number of rotatable bonds is 2. The molecule has 0 bridgehead atoms. The fraction of sp³-hybridized carbons (Fsp3) is 0.462. The number of halogens is 2. The number of amides is 1. The van der Waals surface area contributed by atoms with E-state index in [1.54, 1.807) is 11.8 Å². The van der Waals surface area contributed by atoms with Gasteiger partial charge in [-0.3, -0.25) is 4.79 Å². The first-order valence-corrected chi connectivity index (χ1v) is 9.45. The van der Waals surface area contributed by atoms with Crippen LogP contribution in [0.2, 0.25) is 0 Å². The number of hydrogen-bond acceptors (Lipinski definition) is 3. The highest BCUT2D eigenvalue weighted by atomic mass is 79.9. The fourth-order valence-electron chi connectivity index (χ4n) is 2.28. The number of hydrogen-bond donors (Lipinski definition) is 0. The Morgan fingerprint density at radius 2 is 1.85 bits per heavy atom. The zero-order valence-electron chi connectivity index (χ0n) is 11.0. The maximum absolute atomic E-state index is 12.5. The molecule has 0 aliphatic carbocycles. The third-order valence-electron chi connectivity index (χ3n) is 3.47. The smallest absolute Gasteiger partial charge is 0.261 e. The Hall–Kier alpha value is -0.590. The average molecular weight is 381 g/mol. The lowest BCUT2D eigenvalue weighted by atomic mass is 10.1. The molecular weight excluding hydrogens is 366 g/mol. The van der Waals surface area contributed by atoms with Crippen molar-refractivity contribution in [3.8, 4) is 0 Å². The fourth-order valence-corrected chi connectivity index (χ4v) is 3.68. The number of likely N-dealkylation sites (tertiary alicyclic amines) is 1. The Bertz CT molecular complexity index is 639. The van der Waals surface area contributed by atoms with Crippen LogP contribution < -0.4 is 0 Å². The highest BCUT2D eigenvalue weighted by Gasteiger charge is 2.23. The van der Waals surface area contributed by atoms with Crippen LogP contribution in [0.25, 0.3) is 0 Å². The van der Waals surface area contributed by atoms with Gasteiger partial charge in [0.05, 0.1) is 4.90 Å². The third-order valence-corrected chi connectivity index (χ3v) is 5.63. The largest absolute Gasteiger partial charge is 0.339 e. The van der Waals surface area contributed by atoms with Crippen molar-refractivity contribution in [1.29, 1.82) is 0 Å². The molecule has 1 aromatic carbocycles. The lowest BCUT2D eigenvalue weighted by Gasteiger charge is -2.27. The zero-order chi connectivity index (χ0) is 14.9. The predicted molar refractivity (Wildman–Crippen MR) is 81.7 cm³/mol. The van der Waals surface area contributed by atoms with Gasteiger partial charge >= 0.3 is 0 Å². The summed E-state index contributed by atoms with van der Waals surface area (Å²) in [6.45, 7) is 3.22. The van der Waals surface area contributed by atoms with Gasteiger partial charge in [0.25, 0.3) is 15.0 Å². The van der Waals surface area contributed by atoms with Gasteiger partial charge in [0.2, 0.25) is 0 Å². The number of benzene rings is 1. The summed E-state index contributed by atoms with van der Waals surface area (Å²) in [5, 5.41) is 0. The summed E-state index contributed by atoms with van der Waals surface area (Å²) in [5.74, 6) is -0.134. The summed E-state index contributed by atoms with van der Waals surface area (Å²) in [6.07, 6.45) is 3.10. The highest BCUT2D eigenvalue weighted by Crippen LogP contribution is 2.28. The van der Waals surface area contributed by atoms with Crippen LogP contribution in [0.5, 0.6) is 0 Å². The second-order valence-electron chi connectivity index (χ2n) is 4.87. The number of carbonyl (C=O) groups is 1.